The number of carbonyl (C=O) groups excluding carboxylic acids is 1. The Morgan fingerprint density at radius 2 is 1.82 bits per heavy atom. The van der Waals surface area contributed by atoms with E-state index in [1.807, 2.05) is 13.0 Å². The number of Topliss-reactive ketones (excluding diaryl/α,β-unsaturated/α-hetero) is 1. The first kappa shape index (κ1) is 14.0. The van der Waals surface area contributed by atoms with Crippen molar-refractivity contribution in [3.05, 3.63) is 35.9 Å². The van der Waals surface area contributed by atoms with Gasteiger partial charge in [-0.25, -0.2) is 0 Å². The molecule has 0 heterocycles. The molecule has 1 nitrogen and oxygen atoms in total. The van der Waals surface area contributed by atoms with Crippen molar-refractivity contribution < 1.29 is 4.79 Å². The highest BCUT2D eigenvalue weighted by molar-refractivity contribution is 5.78. The number of hydrogen-bond donors (Lipinski definition) is 0. The number of carbonyl (C=O) groups is 1. The summed E-state index contributed by atoms with van der Waals surface area (Å²) < 4.78 is 0. The number of benzene rings is 1. The second-order valence-corrected chi connectivity index (χ2v) is 5.22. The topological polar surface area (TPSA) is 17.1 Å². The predicted molar refractivity (Wildman–Crippen MR) is 73.1 cm³/mol. The number of aryl methyl sites for hydroxylation is 1. The first-order chi connectivity index (χ1) is 8.09. The van der Waals surface area contributed by atoms with Gasteiger partial charge < -0.3 is 0 Å². The Bertz CT molecular complexity index is 342. The Morgan fingerprint density at radius 3 is 2.35 bits per heavy atom. The summed E-state index contributed by atoms with van der Waals surface area (Å²) in [6.45, 7) is 6.38. The standard InChI is InChI=1S/C16H24O/c1-4-15(17)13-16(3,5-2)12-11-14-9-7-6-8-10-14/h6-10H,4-5,11-13H2,1-3H3/t16-/m0/s1. The van der Waals surface area contributed by atoms with Crippen LogP contribution in [0.3, 0.4) is 0 Å². The van der Waals surface area contributed by atoms with Crippen LogP contribution in [0.4, 0.5) is 0 Å². The van der Waals surface area contributed by atoms with Crippen LogP contribution in [0.1, 0.15) is 52.0 Å². The second-order valence-electron chi connectivity index (χ2n) is 5.22. The zero-order valence-corrected chi connectivity index (χ0v) is 11.3. The van der Waals surface area contributed by atoms with Crippen LogP contribution in [0.25, 0.3) is 0 Å². The maximum atomic E-state index is 11.6. The van der Waals surface area contributed by atoms with E-state index in [1.54, 1.807) is 0 Å². The van der Waals surface area contributed by atoms with Crippen molar-refractivity contribution in [2.75, 3.05) is 0 Å². The van der Waals surface area contributed by atoms with E-state index in [-0.39, 0.29) is 5.41 Å². The average Bonchev–Trinajstić information content (AvgIpc) is 2.37. The fourth-order valence-corrected chi connectivity index (χ4v) is 2.08. The van der Waals surface area contributed by atoms with Gasteiger partial charge in [-0.2, -0.15) is 0 Å². The Hall–Kier alpha value is -1.11. The van der Waals surface area contributed by atoms with E-state index in [2.05, 4.69) is 38.1 Å². The van der Waals surface area contributed by atoms with Crippen molar-refractivity contribution in [3.63, 3.8) is 0 Å². The maximum absolute atomic E-state index is 11.6. The van der Waals surface area contributed by atoms with Crippen LogP contribution in [0.15, 0.2) is 30.3 Å². The third kappa shape index (κ3) is 4.72. The molecule has 0 aliphatic heterocycles. The van der Waals surface area contributed by atoms with Crippen LogP contribution >= 0.6 is 0 Å². The van der Waals surface area contributed by atoms with Crippen LogP contribution in [-0.2, 0) is 11.2 Å². The molecule has 0 unspecified atom stereocenters. The average molecular weight is 232 g/mol. The first-order valence-corrected chi connectivity index (χ1v) is 6.65. The van der Waals surface area contributed by atoms with Crippen LogP contribution in [0.2, 0.25) is 0 Å². The molecule has 0 spiro atoms. The highest BCUT2D eigenvalue weighted by atomic mass is 16.1. The summed E-state index contributed by atoms with van der Waals surface area (Å²) in [6, 6.07) is 10.5. The highest BCUT2D eigenvalue weighted by Crippen LogP contribution is 2.32. The summed E-state index contributed by atoms with van der Waals surface area (Å²) in [6.07, 6.45) is 4.64. The molecule has 1 atom stereocenters. The van der Waals surface area contributed by atoms with E-state index in [1.165, 1.54) is 5.56 Å². The Kier molecular flexibility index (Phi) is 5.40. The van der Waals surface area contributed by atoms with Gasteiger partial charge in [0.1, 0.15) is 5.78 Å². The molecule has 1 aromatic rings. The molecule has 0 bridgehead atoms. The minimum absolute atomic E-state index is 0.170. The van der Waals surface area contributed by atoms with E-state index < -0.39 is 0 Å². The quantitative estimate of drug-likeness (QED) is 0.680. The Balaban J connectivity index is 2.54. The summed E-state index contributed by atoms with van der Waals surface area (Å²) in [5.41, 5.74) is 1.54. The van der Waals surface area contributed by atoms with Crippen LogP contribution in [0, 0.1) is 5.41 Å². The molecule has 1 heteroatoms. The van der Waals surface area contributed by atoms with Crippen molar-refractivity contribution in [1.82, 2.24) is 0 Å². The number of rotatable bonds is 7. The molecule has 0 saturated carbocycles. The molecule has 1 rings (SSSR count). The van der Waals surface area contributed by atoms with E-state index >= 15 is 0 Å². The molecule has 17 heavy (non-hydrogen) atoms. The van der Waals surface area contributed by atoms with Gasteiger partial charge in [0.05, 0.1) is 0 Å². The SMILES string of the molecule is CCC(=O)C[C@@](C)(CC)CCc1ccccc1. The minimum atomic E-state index is 0.170. The van der Waals surface area contributed by atoms with Gasteiger partial charge in [0.2, 0.25) is 0 Å². The monoisotopic (exact) mass is 232 g/mol. The molecule has 0 N–H and O–H groups in total. The van der Waals surface area contributed by atoms with Gasteiger partial charge >= 0.3 is 0 Å². The molecular weight excluding hydrogens is 208 g/mol. The highest BCUT2D eigenvalue weighted by Gasteiger charge is 2.24. The normalized spacial score (nSPS) is 14.3. The number of hydrogen-bond acceptors (Lipinski definition) is 1. The molecule has 0 amide bonds. The minimum Gasteiger partial charge on any atom is -0.300 e. The third-order valence-electron chi connectivity index (χ3n) is 3.73. The van der Waals surface area contributed by atoms with Gasteiger partial charge in [0.15, 0.2) is 0 Å². The van der Waals surface area contributed by atoms with Gasteiger partial charge in [-0.1, -0.05) is 57.5 Å². The van der Waals surface area contributed by atoms with Gasteiger partial charge in [-0.3, -0.25) is 4.79 Å². The molecule has 0 aromatic heterocycles. The summed E-state index contributed by atoms with van der Waals surface area (Å²) in [5.74, 6) is 0.391. The second kappa shape index (κ2) is 6.58. The van der Waals surface area contributed by atoms with E-state index in [0.717, 1.165) is 25.7 Å². The van der Waals surface area contributed by atoms with Crippen molar-refractivity contribution >= 4 is 5.78 Å². The lowest BCUT2D eigenvalue weighted by molar-refractivity contribution is -0.121. The van der Waals surface area contributed by atoms with Gasteiger partial charge in [0.25, 0.3) is 0 Å². The molecule has 0 saturated heterocycles. The van der Waals surface area contributed by atoms with Crippen LogP contribution in [0.5, 0.6) is 0 Å². The van der Waals surface area contributed by atoms with Crippen LogP contribution < -0.4 is 0 Å². The summed E-state index contributed by atoms with van der Waals surface area (Å²) in [5, 5.41) is 0. The molecule has 1 aromatic carbocycles. The molecule has 0 radical (unpaired) electrons. The number of ketones is 1. The lowest BCUT2D eigenvalue weighted by Crippen LogP contribution is -2.20. The lowest BCUT2D eigenvalue weighted by atomic mass is 9.77. The van der Waals surface area contributed by atoms with E-state index in [9.17, 15) is 4.79 Å². The largest absolute Gasteiger partial charge is 0.300 e. The predicted octanol–water partition coefficient (Wildman–Crippen LogP) is 4.40. The molecule has 0 aliphatic carbocycles. The fraction of sp³-hybridized carbons (Fsp3) is 0.562. The van der Waals surface area contributed by atoms with Crippen molar-refractivity contribution in [3.8, 4) is 0 Å². The fourth-order valence-electron chi connectivity index (χ4n) is 2.08. The summed E-state index contributed by atoms with van der Waals surface area (Å²) in [7, 11) is 0. The summed E-state index contributed by atoms with van der Waals surface area (Å²) >= 11 is 0. The van der Waals surface area contributed by atoms with E-state index in [4.69, 9.17) is 0 Å². The van der Waals surface area contributed by atoms with Gasteiger partial charge in [0, 0.05) is 12.8 Å². The molecule has 0 fully saturated rings. The smallest absolute Gasteiger partial charge is 0.133 e. The molecule has 94 valence electrons. The molecule has 0 aliphatic rings. The third-order valence-corrected chi connectivity index (χ3v) is 3.73. The Morgan fingerprint density at radius 1 is 1.18 bits per heavy atom. The van der Waals surface area contributed by atoms with Crippen molar-refractivity contribution in [2.45, 2.75) is 52.9 Å². The maximum Gasteiger partial charge on any atom is 0.133 e. The van der Waals surface area contributed by atoms with Crippen molar-refractivity contribution in [2.24, 2.45) is 5.41 Å². The molecular formula is C16H24O. The van der Waals surface area contributed by atoms with Gasteiger partial charge in [-0.05, 0) is 23.8 Å². The zero-order valence-electron chi connectivity index (χ0n) is 11.3. The first-order valence-electron chi connectivity index (χ1n) is 6.65. The van der Waals surface area contributed by atoms with Gasteiger partial charge in [-0.15, -0.1) is 0 Å². The Labute approximate surface area is 105 Å². The summed E-state index contributed by atoms with van der Waals surface area (Å²) in [4.78, 5) is 11.6. The van der Waals surface area contributed by atoms with E-state index in [0.29, 0.717) is 12.2 Å². The van der Waals surface area contributed by atoms with Crippen LogP contribution in [-0.4, -0.2) is 5.78 Å². The van der Waals surface area contributed by atoms with Crippen molar-refractivity contribution in [1.29, 1.82) is 0 Å². The zero-order chi connectivity index (χ0) is 12.7. The lowest BCUT2D eigenvalue weighted by Gasteiger charge is -2.27.